The van der Waals surface area contributed by atoms with E-state index in [1.807, 2.05) is 6.92 Å². The molecule has 0 unspecified atom stereocenters. The molecule has 0 bridgehead atoms. The van der Waals surface area contributed by atoms with Crippen LogP contribution in [0.2, 0.25) is 5.02 Å². The molecule has 0 atom stereocenters. The SMILES string of the molecule is CCNCc1ccc(S(=O)(=O)Nc2cc(Cl)ccc2F)o1. The summed E-state index contributed by atoms with van der Waals surface area (Å²) >= 11 is 5.72. The third kappa shape index (κ3) is 3.96. The summed E-state index contributed by atoms with van der Waals surface area (Å²) in [6, 6.07) is 6.47. The lowest BCUT2D eigenvalue weighted by Crippen LogP contribution is -2.13. The number of furan rings is 1. The van der Waals surface area contributed by atoms with Crippen molar-refractivity contribution in [3.05, 3.63) is 46.9 Å². The van der Waals surface area contributed by atoms with E-state index in [4.69, 9.17) is 16.0 Å². The second kappa shape index (κ2) is 6.46. The number of rotatable bonds is 6. The van der Waals surface area contributed by atoms with Crippen LogP contribution in [-0.2, 0) is 16.6 Å². The zero-order valence-electron chi connectivity index (χ0n) is 11.2. The van der Waals surface area contributed by atoms with E-state index in [1.54, 1.807) is 6.07 Å². The van der Waals surface area contributed by atoms with Crippen molar-refractivity contribution >= 4 is 27.3 Å². The lowest BCUT2D eigenvalue weighted by molar-refractivity contribution is 0.405. The maximum atomic E-state index is 13.6. The van der Waals surface area contributed by atoms with Crippen LogP contribution in [-0.4, -0.2) is 15.0 Å². The van der Waals surface area contributed by atoms with Crippen LogP contribution < -0.4 is 10.0 Å². The van der Waals surface area contributed by atoms with E-state index in [0.29, 0.717) is 12.3 Å². The number of hydrogen-bond acceptors (Lipinski definition) is 4. The molecule has 0 aliphatic rings. The van der Waals surface area contributed by atoms with Crippen molar-refractivity contribution in [2.45, 2.75) is 18.6 Å². The fourth-order valence-corrected chi connectivity index (χ4v) is 2.80. The van der Waals surface area contributed by atoms with Crippen molar-refractivity contribution in [1.29, 1.82) is 0 Å². The first-order valence-electron chi connectivity index (χ1n) is 6.19. The fraction of sp³-hybridized carbons (Fsp3) is 0.231. The Balaban J connectivity index is 2.22. The van der Waals surface area contributed by atoms with Gasteiger partial charge in [0.25, 0.3) is 10.0 Å². The van der Waals surface area contributed by atoms with Gasteiger partial charge in [-0.15, -0.1) is 0 Å². The van der Waals surface area contributed by atoms with Crippen LogP contribution in [0, 0.1) is 5.82 Å². The van der Waals surface area contributed by atoms with Gasteiger partial charge in [-0.25, -0.2) is 4.39 Å². The molecule has 0 aliphatic carbocycles. The van der Waals surface area contributed by atoms with Crippen molar-refractivity contribution in [2.24, 2.45) is 0 Å². The van der Waals surface area contributed by atoms with Gasteiger partial charge < -0.3 is 9.73 Å². The summed E-state index contributed by atoms with van der Waals surface area (Å²) in [6.07, 6.45) is 0. The third-order valence-corrected chi connectivity index (χ3v) is 4.10. The van der Waals surface area contributed by atoms with Crippen LogP contribution in [0.1, 0.15) is 12.7 Å². The molecule has 0 fully saturated rings. The zero-order valence-corrected chi connectivity index (χ0v) is 12.8. The topological polar surface area (TPSA) is 71.3 Å². The minimum atomic E-state index is -4.00. The van der Waals surface area contributed by atoms with Crippen molar-refractivity contribution < 1.29 is 17.2 Å². The Bertz CT molecular complexity index is 731. The third-order valence-electron chi connectivity index (χ3n) is 2.62. The summed E-state index contributed by atoms with van der Waals surface area (Å²) in [5, 5.41) is 2.95. The molecule has 2 aromatic rings. The fourth-order valence-electron chi connectivity index (χ4n) is 1.62. The number of sulfonamides is 1. The van der Waals surface area contributed by atoms with Crippen LogP contribution in [0.3, 0.4) is 0 Å². The molecule has 0 saturated carbocycles. The van der Waals surface area contributed by atoms with Crippen LogP contribution in [0.4, 0.5) is 10.1 Å². The Morgan fingerprint density at radius 3 is 2.76 bits per heavy atom. The van der Waals surface area contributed by atoms with Crippen LogP contribution in [0.5, 0.6) is 0 Å². The summed E-state index contributed by atoms with van der Waals surface area (Å²) in [6.45, 7) is 3.07. The molecule has 2 N–H and O–H groups in total. The predicted molar refractivity (Wildman–Crippen MR) is 78.3 cm³/mol. The average molecular weight is 333 g/mol. The Labute approximate surface area is 127 Å². The number of hydrogen-bond donors (Lipinski definition) is 2. The molecule has 114 valence electrons. The molecule has 1 aromatic heterocycles. The number of anilines is 1. The highest BCUT2D eigenvalue weighted by molar-refractivity contribution is 7.92. The first kappa shape index (κ1) is 15.8. The quantitative estimate of drug-likeness (QED) is 0.853. The van der Waals surface area contributed by atoms with Gasteiger partial charge in [-0.1, -0.05) is 18.5 Å². The Morgan fingerprint density at radius 1 is 1.29 bits per heavy atom. The lowest BCUT2D eigenvalue weighted by atomic mass is 10.3. The van der Waals surface area contributed by atoms with Gasteiger partial charge in [-0.2, -0.15) is 8.42 Å². The van der Waals surface area contributed by atoms with Gasteiger partial charge in [0.15, 0.2) is 0 Å². The molecule has 1 heterocycles. The van der Waals surface area contributed by atoms with Crippen LogP contribution >= 0.6 is 11.6 Å². The second-order valence-electron chi connectivity index (χ2n) is 4.23. The Hall–Kier alpha value is -1.57. The first-order valence-corrected chi connectivity index (χ1v) is 8.06. The number of halogens is 2. The normalized spacial score (nSPS) is 11.6. The molecule has 0 aliphatic heterocycles. The van der Waals surface area contributed by atoms with Gasteiger partial charge in [0.2, 0.25) is 5.09 Å². The minimum absolute atomic E-state index is 0.223. The second-order valence-corrected chi connectivity index (χ2v) is 6.28. The first-order chi connectivity index (χ1) is 9.92. The highest BCUT2D eigenvalue weighted by atomic mass is 35.5. The van der Waals surface area contributed by atoms with E-state index in [-0.39, 0.29) is 15.8 Å². The van der Waals surface area contributed by atoms with Crippen molar-refractivity contribution in [3.63, 3.8) is 0 Å². The van der Waals surface area contributed by atoms with Gasteiger partial charge >= 0.3 is 0 Å². The minimum Gasteiger partial charge on any atom is -0.446 e. The van der Waals surface area contributed by atoms with Gasteiger partial charge in [0.1, 0.15) is 11.6 Å². The predicted octanol–water partition coefficient (Wildman–Crippen LogP) is 2.98. The molecule has 0 radical (unpaired) electrons. The molecule has 2 rings (SSSR count). The average Bonchev–Trinajstić information content (AvgIpc) is 2.90. The van der Waals surface area contributed by atoms with Crippen molar-refractivity contribution in [1.82, 2.24) is 5.32 Å². The largest absolute Gasteiger partial charge is 0.446 e. The van der Waals surface area contributed by atoms with Gasteiger partial charge in [-0.3, -0.25) is 4.72 Å². The highest BCUT2D eigenvalue weighted by Crippen LogP contribution is 2.23. The molecule has 0 saturated heterocycles. The van der Waals surface area contributed by atoms with Crippen LogP contribution in [0.15, 0.2) is 39.8 Å². The molecule has 1 aromatic carbocycles. The number of nitrogens with one attached hydrogen (secondary N) is 2. The van der Waals surface area contributed by atoms with E-state index in [0.717, 1.165) is 12.6 Å². The number of benzene rings is 1. The highest BCUT2D eigenvalue weighted by Gasteiger charge is 2.20. The summed E-state index contributed by atoms with van der Waals surface area (Å²) < 4.78 is 45.1. The molecule has 5 nitrogen and oxygen atoms in total. The zero-order chi connectivity index (χ0) is 15.5. The van der Waals surface area contributed by atoms with E-state index in [1.165, 1.54) is 18.2 Å². The Kier molecular flexibility index (Phi) is 4.87. The Morgan fingerprint density at radius 2 is 2.05 bits per heavy atom. The van der Waals surface area contributed by atoms with E-state index in [9.17, 15) is 12.8 Å². The lowest BCUT2D eigenvalue weighted by Gasteiger charge is -2.07. The van der Waals surface area contributed by atoms with E-state index < -0.39 is 15.8 Å². The van der Waals surface area contributed by atoms with Crippen molar-refractivity contribution in [2.75, 3.05) is 11.3 Å². The van der Waals surface area contributed by atoms with Crippen molar-refractivity contribution in [3.8, 4) is 0 Å². The summed E-state index contributed by atoms with van der Waals surface area (Å²) in [4.78, 5) is 0. The molecular weight excluding hydrogens is 319 g/mol. The molecular formula is C13H14ClFN2O3S. The summed E-state index contributed by atoms with van der Waals surface area (Å²) in [7, 11) is -4.00. The molecule has 0 spiro atoms. The molecule has 0 amide bonds. The van der Waals surface area contributed by atoms with E-state index >= 15 is 0 Å². The molecule has 21 heavy (non-hydrogen) atoms. The maximum Gasteiger partial charge on any atom is 0.295 e. The maximum absolute atomic E-state index is 13.6. The monoisotopic (exact) mass is 332 g/mol. The smallest absolute Gasteiger partial charge is 0.295 e. The van der Waals surface area contributed by atoms with E-state index in [2.05, 4.69) is 10.0 Å². The van der Waals surface area contributed by atoms with Gasteiger partial charge in [-0.05, 0) is 36.9 Å². The molecule has 8 heteroatoms. The standard InChI is InChI=1S/C13H14ClFN2O3S/c1-2-16-8-10-4-6-13(20-10)21(18,19)17-12-7-9(14)3-5-11(12)15/h3-7,16-17H,2,8H2,1H3. The van der Waals surface area contributed by atoms with Crippen LogP contribution in [0.25, 0.3) is 0 Å². The van der Waals surface area contributed by atoms with Gasteiger partial charge in [0, 0.05) is 5.02 Å². The van der Waals surface area contributed by atoms with Gasteiger partial charge in [0.05, 0.1) is 12.2 Å². The summed E-state index contributed by atoms with van der Waals surface area (Å²) in [5.74, 6) is -0.244. The summed E-state index contributed by atoms with van der Waals surface area (Å²) in [5.41, 5.74) is -0.230.